The Morgan fingerprint density at radius 3 is 2.65 bits per heavy atom. The molecule has 1 amide bonds. The molecule has 7 nitrogen and oxygen atoms in total. The fraction of sp³-hybridized carbons (Fsp3) is 0.250. The number of ether oxygens (including phenoxy) is 1. The summed E-state index contributed by atoms with van der Waals surface area (Å²) in [7, 11) is 0. The van der Waals surface area contributed by atoms with E-state index >= 15 is 0 Å². The number of halogens is 3. The number of amides is 1. The molecule has 1 aromatic carbocycles. The minimum absolute atomic E-state index is 0.0644. The predicted octanol–water partition coefficient (Wildman–Crippen LogP) is 2.78. The molecule has 0 unspecified atom stereocenters. The van der Waals surface area contributed by atoms with Gasteiger partial charge in [0.2, 0.25) is 0 Å². The maximum atomic E-state index is 12.7. The van der Waals surface area contributed by atoms with Crippen molar-refractivity contribution >= 4 is 17.5 Å². The van der Waals surface area contributed by atoms with Gasteiger partial charge in [-0.05, 0) is 25.5 Å². The monoisotopic (exact) mass is 365 g/mol. The number of aromatic nitrogens is 4. The van der Waals surface area contributed by atoms with Crippen molar-refractivity contribution in [2.75, 3.05) is 11.9 Å². The zero-order valence-corrected chi connectivity index (χ0v) is 13.8. The number of nitrogens with zero attached hydrogens (tertiary/aromatic N) is 4. The number of alkyl halides is 3. The third kappa shape index (κ3) is 3.73. The fourth-order valence-corrected chi connectivity index (χ4v) is 2.24. The number of benzene rings is 1. The van der Waals surface area contributed by atoms with Crippen LogP contribution in [0.3, 0.4) is 0 Å². The number of rotatable bonds is 4. The summed E-state index contributed by atoms with van der Waals surface area (Å²) in [6.07, 6.45) is -4.68. The lowest BCUT2D eigenvalue weighted by Gasteiger charge is -2.09. The number of nitrogens with one attached hydrogen (secondary N) is 1. The van der Waals surface area contributed by atoms with Crippen molar-refractivity contribution in [2.24, 2.45) is 0 Å². The first-order valence-corrected chi connectivity index (χ1v) is 7.54. The van der Waals surface area contributed by atoms with Gasteiger partial charge in [-0.2, -0.15) is 23.1 Å². The molecular formula is C16H14F3N5O2. The molecule has 0 radical (unpaired) electrons. The van der Waals surface area contributed by atoms with Gasteiger partial charge in [-0.1, -0.05) is 18.2 Å². The van der Waals surface area contributed by atoms with E-state index in [0.29, 0.717) is 11.4 Å². The van der Waals surface area contributed by atoms with E-state index in [2.05, 4.69) is 20.4 Å². The zero-order chi connectivity index (χ0) is 18.9. The van der Waals surface area contributed by atoms with Crippen LogP contribution in [0.25, 0.3) is 5.78 Å². The molecule has 10 heteroatoms. The lowest BCUT2D eigenvalue weighted by Crippen LogP contribution is -2.21. The lowest BCUT2D eigenvalue weighted by atomic mass is 10.2. The standard InChI is InChI=1S/C16H14F3N5O2/c1-9-5-3-4-6-11(9)26-8-13(25)20-12-7-10(2)24-15(21-12)22-14(23-24)16(17,18)19/h3-7H,8H2,1-2H3,(H,20,21,22,23,25). The number of aryl methyl sites for hydroxylation is 2. The largest absolute Gasteiger partial charge is 0.483 e. The van der Waals surface area contributed by atoms with Gasteiger partial charge in [-0.15, -0.1) is 5.10 Å². The van der Waals surface area contributed by atoms with E-state index in [-0.39, 0.29) is 18.2 Å². The van der Waals surface area contributed by atoms with E-state index in [4.69, 9.17) is 4.74 Å². The van der Waals surface area contributed by atoms with Gasteiger partial charge < -0.3 is 10.1 Å². The van der Waals surface area contributed by atoms with Crippen LogP contribution in [0.4, 0.5) is 19.0 Å². The third-order valence-corrected chi connectivity index (χ3v) is 3.46. The molecule has 0 spiro atoms. The van der Waals surface area contributed by atoms with E-state index in [1.807, 2.05) is 19.1 Å². The van der Waals surface area contributed by atoms with Crippen LogP contribution in [0, 0.1) is 13.8 Å². The number of hydrogen-bond donors (Lipinski definition) is 1. The van der Waals surface area contributed by atoms with Crippen LogP contribution in [0.15, 0.2) is 30.3 Å². The summed E-state index contributed by atoms with van der Waals surface area (Å²) >= 11 is 0. The maximum absolute atomic E-state index is 12.7. The van der Waals surface area contributed by atoms with Gasteiger partial charge in [-0.3, -0.25) is 4.79 Å². The molecule has 0 aliphatic carbocycles. The Hall–Kier alpha value is -3.17. The predicted molar refractivity (Wildman–Crippen MR) is 85.8 cm³/mol. The van der Waals surface area contributed by atoms with E-state index in [1.54, 1.807) is 12.1 Å². The summed E-state index contributed by atoms with van der Waals surface area (Å²) in [6.45, 7) is 3.11. The quantitative estimate of drug-likeness (QED) is 0.769. The van der Waals surface area contributed by atoms with Gasteiger partial charge in [0.15, 0.2) is 6.61 Å². The van der Waals surface area contributed by atoms with Crippen LogP contribution in [0.2, 0.25) is 0 Å². The topological polar surface area (TPSA) is 81.4 Å². The summed E-state index contributed by atoms with van der Waals surface area (Å²) in [5, 5.41) is 5.85. The Morgan fingerprint density at radius 2 is 1.96 bits per heavy atom. The van der Waals surface area contributed by atoms with Crippen molar-refractivity contribution in [2.45, 2.75) is 20.0 Å². The summed E-state index contributed by atoms with van der Waals surface area (Å²) in [5.74, 6) is -1.42. The first kappa shape index (κ1) is 17.6. The lowest BCUT2D eigenvalue weighted by molar-refractivity contribution is -0.144. The molecule has 0 aliphatic heterocycles. The highest BCUT2D eigenvalue weighted by Crippen LogP contribution is 2.26. The molecule has 0 bridgehead atoms. The average Bonchev–Trinajstić information content (AvgIpc) is 2.99. The Bertz CT molecular complexity index is 968. The van der Waals surface area contributed by atoms with E-state index in [0.717, 1.165) is 10.1 Å². The van der Waals surface area contributed by atoms with Crippen LogP contribution in [0.5, 0.6) is 5.75 Å². The van der Waals surface area contributed by atoms with Crippen LogP contribution in [0.1, 0.15) is 17.1 Å². The highest BCUT2D eigenvalue weighted by molar-refractivity contribution is 5.91. The van der Waals surface area contributed by atoms with E-state index in [1.165, 1.54) is 13.0 Å². The first-order valence-electron chi connectivity index (χ1n) is 7.54. The number of hydrogen-bond acceptors (Lipinski definition) is 5. The summed E-state index contributed by atoms with van der Waals surface area (Å²) in [6, 6.07) is 8.59. The summed E-state index contributed by atoms with van der Waals surface area (Å²) in [5.41, 5.74) is 1.21. The molecule has 2 aromatic heterocycles. The number of fused-ring (bicyclic) bond motifs is 1. The highest BCUT2D eigenvalue weighted by Gasteiger charge is 2.36. The van der Waals surface area contributed by atoms with Crippen molar-refractivity contribution in [3.8, 4) is 5.75 Å². The Labute approximate surface area is 145 Å². The van der Waals surface area contributed by atoms with Crippen LogP contribution >= 0.6 is 0 Å². The molecule has 1 N–H and O–H groups in total. The van der Waals surface area contributed by atoms with Gasteiger partial charge in [-0.25, -0.2) is 4.52 Å². The maximum Gasteiger partial charge on any atom is 0.453 e. The Morgan fingerprint density at radius 1 is 1.23 bits per heavy atom. The van der Waals surface area contributed by atoms with Crippen molar-refractivity contribution < 1.29 is 22.7 Å². The van der Waals surface area contributed by atoms with E-state index in [9.17, 15) is 18.0 Å². The summed E-state index contributed by atoms with van der Waals surface area (Å²) in [4.78, 5) is 19.2. The van der Waals surface area contributed by atoms with Crippen LogP contribution < -0.4 is 10.1 Å². The number of anilines is 1. The van der Waals surface area contributed by atoms with Gasteiger partial charge in [0.05, 0.1) is 0 Å². The van der Waals surface area contributed by atoms with E-state index < -0.39 is 17.9 Å². The molecule has 0 saturated carbocycles. The molecule has 136 valence electrons. The molecule has 0 saturated heterocycles. The average molecular weight is 365 g/mol. The molecule has 3 aromatic rings. The minimum Gasteiger partial charge on any atom is -0.483 e. The molecule has 0 aliphatic rings. The Kier molecular flexibility index (Phi) is 4.49. The van der Waals surface area contributed by atoms with Crippen LogP contribution in [-0.4, -0.2) is 32.1 Å². The smallest absolute Gasteiger partial charge is 0.453 e. The highest BCUT2D eigenvalue weighted by atomic mass is 19.4. The van der Waals surface area contributed by atoms with Crippen molar-refractivity contribution in [1.82, 2.24) is 19.6 Å². The second-order valence-corrected chi connectivity index (χ2v) is 5.53. The van der Waals surface area contributed by atoms with Gasteiger partial charge in [0.25, 0.3) is 17.5 Å². The number of carbonyl (C=O) groups excluding carboxylic acids is 1. The Balaban J connectivity index is 1.74. The minimum atomic E-state index is -4.68. The van der Waals surface area contributed by atoms with Crippen molar-refractivity contribution in [1.29, 1.82) is 0 Å². The molecular weight excluding hydrogens is 351 g/mol. The van der Waals surface area contributed by atoms with Gasteiger partial charge >= 0.3 is 6.18 Å². The molecule has 0 fully saturated rings. The van der Waals surface area contributed by atoms with Crippen LogP contribution in [-0.2, 0) is 11.0 Å². The molecule has 2 heterocycles. The first-order chi connectivity index (χ1) is 12.2. The molecule has 26 heavy (non-hydrogen) atoms. The molecule has 0 atom stereocenters. The number of para-hydroxylation sites is 1. The second kappa shape index (κ2) is 6.62. The molecule has 3 rings (SSSR count). The third-order valence-electron chi connectivity index (χ3n) is 3.46. The second-order valence-electron chi connectivity index (χ2n) is 5.53. The van der Waals surface area contributed by atoms with Gasteiger partial charge in [0.1, 0.15) is 11.6 Å². The van der Waals surface area contributed by atoms with Crippen molar-refractivity contribution in [3.63, 3.8) is 0 Å². The summed E-state index contributed by atoms with van der Waals surface area (Å²) < 4.78 is 44.5. The van der Waals surface area contributed by atoms with Gasteiger partial charge in [0, 0.05) is 11.8 Å². The fourth-order valence-electron chi connectivity index (χ4n) is 2.24. The number of carbonyl (C=O) groups is 1. The SMILES string of the molecule is Cc1ccccc1OCC(=O)Nc1cc(C)n2nc(C(F)(F)F)nc2n1. The van der Waals surface area contributed by atoms with Crippen molar-refractivity contribution in [3.05, 3.63) is 47.4 Å². The zero-order valence-electron chi connectivity index (χ0n) is 13.8. The normalized spacial score (nSPS) is 11.6.